The van der Waals surface area contributed by atoms with Gasteiger partial charge in [-0.25, -0.2) is 4.98 Å². The maximum absolute atomic E-state index is 12.4. The van der Waals surface area contributed by atoms with Crippen LogP contribution in [-0.4, -0.2) is 35.5 Å². The first-order chi connectivity index (χ1) is 12.7. The molecular formula is C19H21N5OS. The molecule has 26 heavy (non-hydrogen) atoms. The minimum absolute atomic E-state index is 0.0439. The molecule has 2 aromatic heterocycles. The highest BCUT2D eigenvalue weighted by Gasteiger charge is 2.16. The lowest BCUT2D eigenvalue weighted by Gasteiger charge is -2.10. The number of nitrogen functional groups attached to an aromatic ring is 1. The van der Waals surface area contributed by atoms with Crippen LogP contribution in [0.1, 0.15) is 27.5 Å². The van der Waals surface area contributed by atoms with Crippen molar-refractivity contribution >= 4 is 33.1 Å². The SMILES string of the molecule is Nc1ccc2nc(Cc3cc(C(=O)NCC4CCNC4)ccn3)sc2c1. The Labute approximate surface area is 155 Å². The van der Waals surface area contributed by atoms with Crippen LogP contribution in [0.5, 0.6) is 0 Å². The average Bonchev–Trinajstić information content (AvgIpc) is 3.28. The molecular weight excluding hydrogens is 346 g/mol. The van der Waals surface area contributed by atoms with Gasteiger partial charge >= 0.3 is 0 Å². The molecule has 1 aliphatic heterocycles. The third-order valence-electron chi connectivity index (χ3n) is 4.58. The Hall–Kier alpha value is -2.51. The third kappa shape index (κ3) is 3.84. The molecule has 134 valence electrons. The molecule has 0 bridgehead atoms. The first-order valence-corrected chi connectivity index (χ1v) is 9.58. The van der Waals surface area contributed by atoms with E-state index in [2.05, 4.69) is 20.6 Å². The number of thiazole rings is 1. The predicted molar refractivity (Wildman–Crippen MR) is 104 cm³/mol. The summed E-state index contributed by atoms with van der Waals surface area (Å²) in [5.74, 6) is 0.480. The van der Waals surface area contributed by atoms with E-state index < -0.39 is 0 Å². The predicted octanol–water partition coefficient (Wildman–Crippen LogP) is 2.20. The standard InChI is InChI=1S/C19H21N5OS/c20-14-1-2-16-17(8-14)26-18(24-16)9-15-7-13(4-6-22-15)19(25)23-11-12-3-5-21-10-12/h1-2,4,6-8,12,21H,3,5,9-11,20H2,(H,23,25). The Kier molecular flexibility index (Phi) is 4.81. The van der Waals surface area contributed by atoms with Gasteiger partial charge in [0, 0.05) is 36.1 Å². The monoisotopic (exact) mass is 367 g/mol. The molecule has 0 aliphatic carbocycles. The van der Waals surface area contributed by atoms with Crippen molar-refractivity contribution in [2.75, 3.05) is 25.4 Å². The van der Waals surface area contributed by atoms with Gasteiger partial charge in [-0.2, -0.15) is 0 Å². The van der Waals surface area contributed by atoms with Gasteiger partial charge in [-0.3, -0.25) is 9.78 Å². The number of benzene rings is 1. The number of nitrogens with two attached hydrogens (primary N) is 1. The normalized spacial score (nSPS) is 16.8. The Morgan fingerprint density at radius 3 is 3.12 bits per heavy atom. The molecule has 0 spiro atoms. The summed E-state index contributed by atoms with van der Waals surface area (Å²) in [6.45, 7) is 2.72. The highest BCUT2D eigenvalue weighted by Crippen LogP contribution is 2.25. The molecule has 4 N–H and O–H groups in total. The Balaban J connectivity index is 1.45. The molecule has 0 radical (unpaired) electrons. The van der Waals surface area contributed by atoms with Gasteiger partial charge in [0.15, 0.2) is 0 Å². The Morgan fingerprint density at radius 1 is 1.35 bits per heavy atom. The summed E-state index contributed by atoms with van der Waals surface area (Å²) in [6, 6.07) is 9.33. The molecule has 1 aliphatic rings. The van der Waals surface area contributed by atoms with E-state index in [1.807, 2.05) is 24.3 Å². The maximum Gasteiger partial charge on any atom is 0.251 e. The summed E-state index contributed by atoms with van der Waals surface area (Å²) in [5.41, 5.74) is 9.00. The molecule has 3 aromatic rings. The van der Waals surface area contributed by atoms with E-state index in [1.54, 1.807) is 23.6 Å². The minimum Gasteiger partial charge on any atom is -0.399 e. The number of hydrogen-bond donors (Lipinski definition) is 3. The topological polar surface area (TPSA) is 92.9 Å². The van der Waals surface area contributed by atoms with Crippen LogP contribution in [0.4, 0.5) is 5.69 Å². The quantitative estimate of drug-likeness (QED) is 0.601. The van der Waals surface area contributed by atoms with Gasteiger partial charge in [-0.1, -0.05) is 0 Å². The molecule has 0 saturated carbocycles. The molecule has 1 unspecified atom stereocenters. The van der Waals surface area contributed by atoms with Crippen LogP contribution < -0.4 is 16.4 Å². The van der Waals surface area contributed by atoms with Crippen molar-refractivity contribution in [3.05, 3.63) is 52.8 Å². The van der Waals surface area contributed by atoms with Crippen LogP contribution in [0.3, 0.4) is 0 Å². The molecule has 1 fully saturated rings. The summed E-state index contributed by atoms with van der Waals surface area (Å²) in [4.78, 5) is 21.4. The van der Waals surface area contributed by atoms with Gasteiger partial charge in [0.1, 0.15) is 0 Å². The highest BCUT2D eigenvalue weighted by atomic mass is 32.1. The maximum atomic E-state index is 12.4. The van der Waals surface area contributed by atoms with Gasteiger partial charge in [-0.05, 0) is 55.8 Å². The highest BCUT2D eigenvalue weighted by molar-refractivity contribution is 7.18. The van der Waals surface area contributed by atoms with Crippen LogP contribution in [0.2, 0.25) is 0 Å². The lowest BCUT2D eigenvalue weighted by atomic mass is 10.1. The molecule has 1 aromatic carbocycles. The number of pyridine rings is 1. The number of nitrogens with zero attached hydrogens (tertiary/aromatic N) is 2. The molecule has 7 heteroatoms. The van der Waals surface area contributed by atoms with Crippen molar-refractivity contribution in [2.24, 2.45) is 5.92 Å². The van der Waals surface area contributed by atoms with Crippen molar-refractivity contribution in [1.29, 1.82) is 0 Å². The fourth-order valence-corrected chi connectivity index (χ4v) is 4.19. The number of anilines is 1. The number of hydrogen-bond acceptors (Lipinski definition) is 6. The Morgan fingerprint density at radius 2 is 2.27 bits per heavy atom. The molecule has 6 nitrogen and oxygen atoms in total. The fraction of sp³-hybridized carbons (Fsp3) is 0.316. The second-order valence-corrected chi connectivity index (χ2v) is 7.73. The lowest BCUT2D eigenvalue weighted by molar-refractivity contribution is 0.0948. The number of carbonyl (C=O) groups is 1. The number of amides is 1. The first kappa shape index (κ1) is 16.9. The lowest BCUT2D eigenvalue weighted by Crippen LogP contribution is -2.30. The van der Waals surface area contributed by atoms with Crippen LogP contribution >= 0.6 is 11.3 Å². The van der Waals surface area contributed by atoms with E-state index in [4.69, 9.17) is 5.73 Å². The summed E-state index contributed by atoms with van der Waals surface area (Å²) in [5, 5.41) is 7.30. The van der Waals surface area contributed by atoms with Crippen molar-refractivity contribution in [2.45, 2.75) is 12.8 Å². The van der Waals surface area contributed by atoms with Gasteiger partial charge < -0.3 is 16.4 Å². The number of carbonyl (C=O) groups excluding carboxylic acids is 1. The number of rotatable bonds is 5. The van der Waals surface area contributed by atoms with Crippen molar-refractivity contribution in [3.63, 3.8) is 0 Å². The zero-order chi connectivity index (χ0) is 17.9. The van der Waals surface area contributed by atoms with E-state index in [-0.39, 0.29) is 5.91 Å². The second-order valence-electron chi connectivity index (χ2n) is 6.62. The molecule has 1 amide bonds. The third-order valence-corrected chi connectivity index (χ3v) is 5.60. The zero-order valence-corrected chi connectivity index (χ0v) is 15.2. The summed E-state index contributed by atoms with van der Waals surface area (Å²) >= 11 is 1.61. The van der Waals surface area contributed by atoms with Crippen molar-refractivity contribution in [3.8, 4) is 0 Å². The van der Waals surface area contributed by atoms with Gasteiger partial charge in [0.2, 0.25) is 0 Å². The van der Waals surface area contributed by atoms with E-state index in [9.17, 15) is 4.79 Å². The average molecular weight is 367 g/mol. The second kappa shape index (κ2) is 7.39. The van der Waals surface area contributed by atoms with E-state index in [0.717, 1.165) is 46.1 Å². The number of aromatic nitrogens is 2. The van der Waals surface area contributed by atoms with E-state index in [0.29, 0.717) is 24.4 Å². The van der Waals surface area contributed by atoms with Crippen LogP contribution in [0.15, 0.2) is 36.5 Å². The van der Waals surface area contributed by atoms with Crippen LogP contribution in [-0.2, 0) is 6.42 Å². The van der Waals surface area contributed by atoms with Gasteiger partial charge in [0.05, 0.1) is 15.2 Å². The van der Waals surface area contributed by atoms with Crippen LogP contribution in [0, 0.1) is 5.92 Å². The Bertz CT molecular complexity index is 933. The summed E-state index contributed by atoms with van der Waals surface area (Å²) in [7, 11) is 0. The molecule has 4 rings (SSSR count). The minimum atomic E-state index is -0.0439. The van der Waals surface area contributed by atoms with Gasteiger partial charge in [-0.15, -0.1) is 11.3 Å². The zero-order valence-electron chi connectivity index (χ0n) is 14.4. The smallest absolute Gasteiger partial charge is 0.251 e. The number of fused-ring (bicyclic) bond motifs is 1. The van der Waals surface area contributed by atoms with E-state index in [1.165, 1.54) is 0 Å². The summed E-state index contributed by atoms with van der Waals surface area (Å²) < 4.78 is 1.07. The van der Waals surface area contributed by atoms with Crippen molar-refractivity contribution in [1.82, 2.24) is 20.6 Å². The fourth-order valence-electron chi connectivity index (χ4n) is 3.16. The molecule has 3 heterocycles. The number of nitrogens with one attached hydrogen (secondary N) is 2. The van der Waals surface area contributed by atoms with Crippen molar-refractivity contribution < 1.29 is 4.79 Å². The molecule has 1 saturated heterocycles. The van der Waals surface area contributed by atoms with Crippen LogP contribution in [0.25, 0.3) is 10.2 Å². The largest absolute Gasteiger partial charge is 0.399 e. The summed E-state index contributed by atoms with van der Waals surface area (Å²) in [6.07, 6.45) is 3.41. The van der Waals surface area contributed by atoms with Gasteiger partial charge in [0.25, 0.3) is 5.91 Å². The first-order valence-electron chi connectivity index (χ1n) is 8.76. The molecule has 1 atom stereocenters. The van der Waals surface area contributed by atoms with E-state index >= 15 is 0 Å².